The van der Waals surface area contributed by atoms with Gasteiger partial charge in [-0.1, -0.05) is 11.6 Å². The molecule has 0 radical (unpaired) electrons. The summed E-state index contributed by atoms with van der Waals surface area (Å²) < 4.78 is 9.26. The van der Waals surface area contributed by atoms with Gasteiger partial charge in [-0.2, -0.15) is 5.10 Å². The van der Waals surface area contributed by atoms with Gasteiger partial charge in [0, 0.05) is 50.0 Å². The lowest BCUT2D eigenvalue weighted by atomic mass is 9.98. The minimum atomic E-state index is -0.0484. The van der Waals surface area contributed by atoms with Gasteiger partial charge in [-0.15, -0.1) is 5.10 Å². The third-order valence-corrected chi connectivity index (χ3v) is 6.69. The van der Waals surface area contributed by atoms with Gasteiger partial charge in [0.1, 0.15) is 0 Å². The standard InChI is InChI=1S/C22H35N7O2/c1-4-29-18(3)20(17(2)24-29)15-27-9-6-5-7-19(27)8-10-28-16-21(23-25-28)22(30)26-11-13-31-14-12-26/h16,19H,4-15H2,1-3H3. The second-order valence-electron chi connectivity index (χ2n) is 8.65. The van der Waals surface area contributed by atoms with Crippen molar-refractivity contribution in [1.29, 1.82) is 0 Å². The molecule has 2 aromatic rings. The van der Waals surface area contributed by atoms with Crippen LogP contribution in [0, 0.1) is 13.8 Å². The first kappa shape index (κ1) is 22.0. The number of aromatic nitrogens is 5. The Balaban J connectivity index is 1.36. The number of carbonyl (C=O) groups is 1. The smallest absolute Gasteiger partial charge is 0.276 e. The molecule has 9 nitrogen and oxygen atoms in total. The Bertz CT molecular complexity index is 885. The van der Waals surface area contributed by atoms with Gasteiger partial charge in [-0.3, -0.25) is 19.1 Å². The van der Waals surface area contributed by atoms with Gasteiger partial charge in [-0.25, -0.2) is 0 Å². The van der Waals surface area contributed by atoms with E-state index in [4.69, 9.17) is 9.84 Å². The van der Waals surface area contributed by atoms with Gasteiger partial charge in [0.2, 0.25) is 0 Å². The number of amides is 1. The first-order valence-corrected chi connectivity index (χ1v) is 11.6. The van der Waals surface area contributed by atoms with E-state index in [1.807, 2.05) is 4.68 Å². The number of nitrogens with zero attached hydrogens (tertiary/aromatic N) is 7. The highest BCUT2D eigenvalue weighted by molar-refractivity contribution is 5.91. The maximum absolute atomic E-state index is 12.6. The van der Waals surface area contributed by atoms with E-state index in [1.54, 1.807) is 11.1 Å². The number of aryl methyl sites for hydroxylation is 3. The summed E-state index contributed by atoms with van der Waals surface area (Å²) in [6.07, 6.45) is 6.52. The maximum Gasteiger partial charge on any atom is 0.276 e. The van der Waals surface area contributed by atoms with Crippen LogP contribution in [0.1, 0.15) is 60.0 Å². The average molecular weight is 430 g/mol. The molecule has 2 saturated heterocycles. The van der Waals surface area contributed by atoms with Gasteiger partial charge >= 0.3 is 0 Å². The van der Waals surface area contributed by atoms with Crippen molar-refractivity contribution < 1.29 is 9.53 Å². The average Bonchev–Trinajstić information content (AvgIpc) is 3.38. The summed E-state index contributed by atoms with van der Waals surface area (Å²) in [7, 11) is 0. The summed E-state index contributed by atoms with van der Waals surface area (Å²) in [5.74, 6) is -0.0484. The summed E-state index contributed by atoms with van der Waals surface area (Å²) in [5, 5.41) is 13.1. The monoisotopic (exact) mass is 429 g/mol. The van der Waals surface area contributed by atoms with Crippen LogP contribution in [0.15, 0.2) is 6.20 Å². The summed E-state index contributed by atoms with van der Waals surface area (Å²) in [4.78, 5) is 17.0. The second-order valence-corrected chi connectivity index (χ2v) is 8.65. The summed E-state index contributed by atoms with van der Waals surface area (Å²) in [6, 6.07) is 0.514. The van der Waals surface area contributed by atoms with Crippen LogP contribution in [0.2, 0.25) is 0 Å². The fourth-order valence-electron chi connectivity index (χ4n) is 4.78. The fourth-order valence-corrected chi connectivity index (χ4v) is 4.78. The largest absolute Gasteiger partial charge is 0.378 e. The van der Waals surface area contributed by atoms with Crippen LogP contribution < -0.4 is 0 Å². The van der Waals surface area contributed by atoms with Crippen molar-refractivity contribution in [3.8, 4) is 0 Å². The van der Waals surface area contributed by atoms with Gasteiger partial charge in [0.05, 0.1) is 25.1 Å². The topological polar surface area (TPSA) is 81.3 Å². The van der Waals surface area contributed by atoms with Gasteiger partial charge in [0.15, 0.2) is 5.69 Å². The molecule has 31 heavy (non-hydrogen) atoms. The van der Waals surface area contributed by atoms with Crippen molar-refractivity contribution in [2.75, 3.05) is 32.8 Å². The van der Waals surface area contributed by atoms with E-state index in [-0.39, 0.29) is 5.91 Å². The molecule has 2 fully saturated rings. The number of piperidine rings is 1. The Labute approximate surface area is 184 Å². The summed E-state index contributed by atoms with van der Waals surface area (Å²) >= 11 is 0. The van der Waals surface area contributed by atoms with Crippen LogP contribution in [-0.2, 0) is 24.4 Å². The van der Waals surface area contributed by atoms with Crippen molar-refractivity contribution in [3.63, 3.8) is 0 Å². The molecule has 1 unspecified atom stereocenters. The van der Waals surface area contributed by atoms with E-state index in [2.05, 4.69) is 40.7 Å². The molecular formula is C22H35N7O2. The van der Waals surface area contributed by atoms with Crippen LogP contribution in [-0.4, -0.2) is 79.4 Å². The number of likely N-dealkylation sites (tertiary alicyclic amines) is 1. The van der Waals surface area contributed by atoms with Crippen LogP contribution in [0.3, 0.4) is 0 Å². The van der Waals surface area contributed by atoms with E-state index in [0.717, 1.165) is 38.3 Å². The molecule has 2 aliphatic heterocycles. The number of ether oxygens (including phenoxy) is 1. The quantitative estimate of drug-likeness (QED) is 0.670. The SMILES string of the molecule is CCn1nc(C)c(CN2CCCCC2CCn2cc(C(=O)N3CCOCC3)nn2)c1C. The molecule has 0 aliphatic carbocycles. The first-order valence-electron chi connectivity index (χ1n) is 11.6. The molecule has 9 heteroatoms. The van der Waals surface area contributed by atoms with Gasteiger partial charge < -0.3 is 9.64 Å². The lowest BCUT2D eigenvalue weighted by Crippen LogP contribution is -2.40. The normalized spacial score (nSPS) is 20.4. The molecule has 0 spiro atoms. The highest BCUT2D eigenvalue weighted by Gasteiger charge is 2.25. The molecular weight excluding hydrogens is 394 g/mol. The zero-order chi connectivity index (χ0) is 21.8. The van der Waals surface area contributed by atoms with Crippen LogP contribution in [0.5, 0.6) is 0 Å². The minimum Gasteiger partial charge on any atom is -0.378 e. The maximum atomic E-state index is 12.6. The molecule has 2 aliphatic rings. The molecule has 170 valence electrons. The molecule has 0 N–H and O–H groups in total. The highest BCUT2D eigenvalue weighted by Crippen LogP contribution is 2.25. The molecule has 0 aromatic carbocycles. The molecule has 1 atom stereocenters. The third kappa shape index (κ3) is 4.98. The van der Waals surface area contributed by atoms with Crippen molar-refractivity contribution in [3.05, 3.63) is 28.8 Å². The van der Waals surface area contributed by atoms with Crippen LogP contribution in [0.4, 0.5) is 0 Å². The summed E-state index contributed by atoms with van der Waals surface area (Å²) in [5.41, 5.74) is 4.23. The number of carbonyl (C=O) groups excluding carboxylic acids is 1. The lowest BCUT2D eigenvalue weighted by Gasteiger charge is -2.36. The molecule has 1 amide bonds. The predicted molar refractivity (Wildman–Crippen MR) is 117 cm³/mol. The molecule has 0 bridgehead atoms. The Hall–Kier alpha value is -2.26. The number of hydrogen-bond acceptors (Lipinski definition) is 6. The Morgan fingerprint density at radius 1 is 1.19 bits per heavy atom. The Morgan fingerprint density at radius 3 is 2.74 bits per heavy atom. The van der Waals surface area contributed by atoms with Crippen molar-refractivity contribution in [1.82, 2.24) is 34.6 Å². The molecule has 0 saturated carbocycles. The van der Waals surface area contributed by atoms with Gasteiger partial charge in [0.25, 0.3) is 5.91 Å². The first-order chi connectivity index (χ1) is 15.1. The van der Waals surface area contributed by atoms with Gasteiger partial charge in [-0.05, 0) is 46.6 Å². The van der Waals surface area contributed by atoms with E-state index >= 15 is 0 Å². The molecule has 4 heterocycles. The number of rotatable bonds is 7. The third-order valence-electron chi connectivity index (χ3n) is 6.69. The molecule has 4 rings (SSSR count). The van der Waals surface area contributed by atoms with E-state index in [1.165, 1.54) is 30.5 Å². The fraction of sp³-hybridized carbons (Fsp3) is 0.727. The second kappa shape index (κ2) is 9.91. The number of hydrogen-bond donors (Lipinski definition) is 0. The van der Waals surface area contributed by atoms with Crippen molar-refractivity contribution in [2.45, 2.75) is 72.1 Å². The predicted octanol–water partition coefficient (Wildman–Crippen LogP) is 2.03. The minimum absolute atomic E-state index is 0.0484. The highest BCUT2D eigenvalue weighted by atomic mass is 16.5. The Kier molecular flexibility index (Phi) is 7.02. The molecule has 2 aromatic heterocycles. The summed E-state index contributed by atoms with van der Waals surface area (Å²) in [6.45, 7) is 12.6. The van der Waals surface area contributed by atoms with Crippen LogP contribution >= 0.6 is 0 Å². The van der Waals surface area contributed by atoms with E-state index in [9.17, 15) is 4.79 Å². The van der Waals surface area contributed by atoms with Crippen LogP contribution in [0.25, 0.3) is 0 Å². The van der Waals surface area contributed by atoms with E-state index in [0.29, 0.717) is 38.0 Å². The van der Waals surface area contributed by atoms with E-state index < -0.39 is 0 Å². The Morgan fingerprint density at radius 2 is 2.00 bits per heavy atom. The zero-order valence-electron chi connectivity index (χ0n) is 19.1. The zero-order valence-corrected chi connectivity index (χ0v) is 19.1. The lowest BCUT2D eigenvalue weighted by molar-refractivity contribution is 0.0299. The number of morpholine rings is 1. The van der Waals surface area contributed by atoms with Crippen molar-refractivity contribution in [2.24, 2.45) is 0 Å². The van der Waals surface area contributed by atoms with Crippen molar-refractivity contribution >= 4 is 5.91 Å².